The first-order chi connectivity index (χ1) is 57.1. The van der Waals surface area contributed by atoms with Crippen LogP contribution in [0.1, 0.15) is 110 Å². The van der Waals surface area contributed by atoms with Gasteiger partial charge in [0.2, 0.25) is 17.7 Å². The van der Waals surface area contributed by atoms with E-state index in [4.69, 9.17) is 50.9 Å². The zero-order valence-electron chi connectivity index (χ0n) is 65.9. The van der Waals surface area contributed by atoms with E-state index in [2.05, 4.69) is 109 Å². The molecule has 0 aliphatic carbocycles. The molecule has 12 aromatic rings. The Bertz CT molecular complexity index is 5670. The molecule has 0 aliphatic rings. The number of imidazole rings is 3. The summed E-state index contributed by atoms with van der Waals surface area (Å²) >= 11 is 9.31. The number of hydrogen-bond acceptors (Lipinski definition) is 23. The van der Waals surface area contributed by atoms with E-state index in [1.165, 1.54) is 24.3 Å². The van der Waals surface area contributed by atoms with Crippen molar-refractivity contribution in [1.29, 1.82) is 0 Å². The van der Waals surface area contributed by atoms with Gasteiger partial charge in [0.15, 0.2) is 40.5 Å². The minimum Gasteiger partial charge on any atom is -0.508 e. The number of alkyl halides is 3. The Balaban J connectivity index is 0.000000188. The van der Waals surface area contributed by atoms with E-state index in [9.17, 15) is 63.5 Å². The highest BCUT2D eigenvalue weighted by molar-refractivity contribution is 9.09. The summed E-state index contributed by atoms with van der Waals surface area (Å²) in [5.74, 6) is 1.88. The lowest BCUT2D eigenvalue weighted by atomic mass is 10.1. The topological polar surface area (TPSA) is 500 Å². The van der Waals surface area contributed by atoms with Gasteiger partial charge in [-0.3, -0.25) is 34.0 Å². The number of aryl methyl sites for hydroxylation is 3. The van der Waals surface area contributed by atoms with Gasteiger partial charge in [-0.05, 0) is 104 Å². The van der Waals surface area contributed by atoms with Gasteiger partial charge < -0.3 is 90.5 Å². The van der Waals surface area contributed by atoms with Crippen molar-refractivity contribution in [1.82, 2.24) is 59.6 Å². The highest BCUT2D eigenvalue weighted by atomic mass is 79.9. The number of phenolic OH excluding ortho intramolecular Hbond substituents is 4. The van der Waals surface area contributed by atoms with Crippen LogP contribution < -0.4 is 42.2 Å². The van der Waals surface area contributed by atoms with E-state index in [-0.39, 0.29) is 92.9 Å². The molecule has 0 radical (unpaired) electrons. The van der Waals surface area contributed by atoms with Crippen LogP contribution in [0.25, 0.3) is 65.8 Å². The Labute approximate surface area is 710 Å². The van der Waals surface area contributed by atoms with Crippen molar-refractivity contribution in [2.24, 2.45) is 0 Å². The molecule has 636 valence electrons. The number of nitrogens with two attached hydrogens (primary N) is 3. The van der Waals surface area contributed by atoms with Crippen molar-refractivity contribution in [3.05, 3.63) is 160 Å². The maximum Gasteiger partial charge on any atom is 0.524 e. The van der Waals surface area contributed by atoms with Gasteiger partial charge in [0.25, 0.3) is 0 Å². The second kappa shape index (κ2) is 43.4. The predicted molar refractivity (Wildman–Crippen MR) is 467 cm³/mol. The molecule has 0 unspecified atom stereocenters. The number of anilines is 3. The Morgan fingerprint density at radius 1 is 0.429 bits per heavy atom. The first-order valence-corrected chi connectivity index (χ1v) is 45.1. The molecule has 6 aromatic carbocycles. The number of phenols is 4. The number of unbranched alkanes of at least 4 members (excludes halogenated alkanes) is 3. The summed E-state index contributed by atoms with van der Waals surface area (Å²) < 4.78 is 55.5. The second-order valence-electron chi connectivity index (χ2n) is 27.8. The second-order valence-corrected chi connectivity index (χ2v) is 31.8. The summed E-state index contributed by atoms with van der Waals surface area (Å²) in [6, 6.07) is 31.4. The normalized spacial score (nSPS) is 11.7. The zero-order chi connectivity index (χ0) is 85.5. The number of phosphoric ester groups is 2. The van der Waals surface area contributed by atoms with Crippen LogP contribution in [0.3, 0.4) is 0 Å². The first-order valence-electron chi connectivity index (χ1n) is 38.7. The van der Waals surface area contributed by atoms with Gasteiger partial charge in [-0.15, -0.1) is 0 Å². The van der Waals surface area contributed by atoms with E-state index in [0.717, 1.165) is 117 Å². The van der Waals surface area contributed by atoms with Gasteiger partial charge in [0.1, 0.15) is 45.5 Å². The largest absolute Gasteiger partial charge is 0.524 e. The number of carbonyl (C=O) groups is 3. The number of pyridine rings is 3. The number of fused-ring (bicyclic) bond motifs is 9. The molecule has 0 atom stereocenters. The summed E-state index contributed by atoms with van der Waals surface area (Å²) in [7, 11) is -9.79. The maximum atomic E-state index is 11.6. The number of nitrogens with zero attached hydrogens (tertiary/aromatic N) is 9. The Morgan fingerprint density at radius 3 is 1.18 bits per heavy atom. The molecule has 119 heavy (non-hydrogen) atoms. The molecular weight excluding hydrogens is 1770 g/mol. The monoisotopic (exact) mass is 1870 g/mol. The molecule has 0 fully saturated rings. The number of rotatable bonds is 40. The van der Waals surface area contributed by atoms with Crippen LogP contribution in [0.15, 0.2) is 109 Å². The Morgan fingerprint density at radius 2 is 0.798 bits per heavy atom. The lowest BCUT2D eigenvalue weighted by Gasteiger charge is -2.16. The number of hydrogen-bond donors (Lipinski definition) is 14. The number of phosphoric acid groups is 2. The molecule has 0 spiro atoms. The number of aromatic hydroxyl groups is 4. The summed E-state index contributed by atoms with van der Waals surface area (Å²) in [6.45, 7) is 11.0. The zero-order valence-corrected chi connectivity index (χ0v) is 72.5. The highest BCUT2D eigenvalue weighted by Crippen LogP contribution is 2.46. The quantitative estimate of drug-likeness (QED) is 0.00734. The van der Waals surface area contributed by atoms with Crippen LogP contribution in [0.2, 0.25) is 0 Å². The third-order valence-corrected chi connectivity index (χ3v) is 21.5. The number of amides is 3. The first kappa shape index (κ1) is 91.5. The number of benzene rings is 6. The van der Waals surface area contributed by atoms with E-state index < -0.39 is 15.6 Å². The lowest BCUT2D eigenvalue weighted by molar-refractivity contribution is -0.119. The molecule has 6 heterocycles. The number of ether oxygens (including phenoxy) is 3. The molecule has 12 rings (SSSR count). The van der Waals surface area contributed by atoms with Crippen molar-refractivity contribution in [3.63, 3.8) is 0 Å². The number of carbonyl (C=O) groups excluding carboxylic acids is 3. The molecule has 0 aliphatic heterocycles. The van der Waals surface area contributed by atoms with Crippen LogP contribution >= 0.6 is 63.4 Å². The lowest BCUT2D eigenvalue weighted by Crippen LogP contribution is -2.28. The van der Waals surface area contributed by atoms with Crippen molar-refractivity contribution >= 4 is 164 Å². The number of halogens is 3. The molecule has 17 N–H and O–H groups in total. The summed E-state index contributed by atoms with van der Waals surface area (Å²) in [4.78, 5) is 99.5. The molecule has 38 heteroatoms. The van der Waals surface area contributed by atoms with E-state index in [0.29, 0.717) is 148 Å². The van der Waals surface area contributed by atoms with E-state index >= 15 is 0 Å². The van der Waals surface area contributed by atoms with Crippen LogP contribution in [0.4, 0.5) is 17.5 Å². The minimum absolute atomic E-state index is 0.0653. The maximum absolute atomic E-state index is 11.6. The average molecular weight is 1870 g/mol. The number of nitrogens with one attached hydrogen (secondary N) is 3. The third-order valence-electron chi connectivity index (χ3n) is 19.1. The summed E-state index contributed by atoms with van der Waals surface area (Å²) in [5, 5.41) is 53.1. The van der Waals surface area contributed by atoms with Gasteiger partial charge in [0.05, 0.1) is 108 Å². The molecule has 0 bridgehead atoms. The van der Waals surface area contributed by atoms with Gasteiger partial charge in [-0.2, -0.15) is 0 Å². The molecule has 3 amide bonds. The van der Waals surface area contributed by atoms with E-state index in [1.54, 1.807) is 30.3 Å². The summed E-state index contributed by atoms with van der Waals surface area (Å²) in [6.07, 6.45) is 9.65. The Kier molecular flexibility index (Phi) is 33.4. The predicted octanol–water partition coefficient (Wildman–Crippen LogP) is 11.6. The van der Waals surface area contributed by atoms with Gasteiger partial charge in [0, 0.05) is 71.7 Å². The van der Waals surface area contributed by atoms with Gasteiger partial charge >= 0.3 is 15.6 Å². The fourth-order valence-electron chi connectivity index (χ4n) is 13.4. The van der Waals surface area contributed by atoms with Crippen LogP contribution in [-0.4, -0.2) is 177 Å². The Hall–Kier alpha value is -9.81. The highest BCUT2D eigenvalue weighted by Gasteiger charge is 2.27. The van der Waals surface area contributed by atoms with Crippen LogP contribution in [-0.2, 0) is 95.9 Å². The molecule has 0 saturated carbocycles. The minimum atomic E-state index is -4.93. The SMILES string of the molecule is CCCCc1nc2c(N)nc3cc(CCOCCNC(=O)CBr)ccc3c2n1Cc1cc(O)ccc1O.CCCCc1nc2c(N)nc3cc(CCOCCNC(=O)CBr)ccc3c2n1Cc1cccc(O)c1OP(=O)(O)O.CCCCc1nc2c(N)nc3cc(CCOCCNC(=O)CBr)ccc3c2n1Cc1cccc(OP(=O)(O)O)c1O. The number of nitrogen functional groups attached to an aromatic ring is 3. The third kappa shape index (κ3) is 24.9. The average Bonchev–Trinajstić information content (AvgIpc) is 1.63. The van der Waals surface area contributed by atoms with Crippen molar-refractivity contribution in [3.8, 4) is 34.5 Å². The van der Waals surface area contributed by atoms with Crippen molar-refractivity contribution in [2.45, 2.75) is 117 Å². The molecular formula is C81H98Br3N15O18P2. The van der Waals surface area contributed by atoms with Gasteiger partial charge in [-0.1, -0.05) is 148 Å². The number of para-hydroxylation sites is 2. The van der Waals surface area contributed by atoms with Crippen molar-refractivity contribution in [2.75, 3.05) is 92.5 Å². The van der Waals surface area contributed by atoms with Crippen LogP contribution in [0.5, 0.6) is 34.5 Å². The van der Waals surface area contributed by atoms with Crippen molar-refractivity contribution < 1.29 is 86.8 Å². The molecule has 33 nitrogen and oxygen atoms in total. The van der Waals surface area contributed by atoms with Gasteiger partial charge in [-0.25, -0.2) is 39.0 Å². The fourth-order valence-corrected chi connectivity index (χ4v) is 14.8. The van der Waals surface area contributed by atoms with Crippen LogP contribution in [0, 0.1) is 0 Å². The molecule has 0 saturated heterocycles. The summed E-state index contributed by atoms with van der Waals surface area (Å²) in [5.41, 5.74) is 29.8. The fraction of sp³-hybridized carbons (Fsp3) is 0.370. The smallest absolute Gasteiger partial charge is 0.508 e. The number of aromatic nitrogens is 9. The standard InChI is InChI=1S/2C27H33BrN5O7P.C27H32BrN5O4/c1-2-3-7-22-32-24-25(33(22)16-18-5-4-6-21(26(18)35)40-41(36,37)38)19-9-8-17(14-20(19)31-27(24)29)10-12-39-13-11-30-23(34)15-28;1-2-3-7-22-32-24-25(33(22)16-18-5-4-6-21(34)26(18)40-41(36,37)38)19-9-8-17(14-20(19)31-27(24)29)10-12-39-13-11-30-23(35)15-28;1-2-3-4-23-32-25-26(33(23)16-18-14-19(34)6-8-22(18)35)20-7-5-17(13-21(20)31-27(25)29)9-11-37-12-10-30-24(36)15-28/h4-6,8-9,14,35H,2-3,7,10-13,15-16H2,1H3,(H2,29,31)(H,30,34)(H2,36,37,38);4-6,8-9,14,34H,2-3,7,10-13,15-16H2,1H3,(H2,29,31)(H,30,35)(H2,36,37,38);5-8,13-14,34-35H,2-4,9-12,15-16H2,1H3,(H2,29,31)(H,30,36). The van der Waals surface area contributed by atoms with E-state index in [1.807, 2.05) is 63.7 Å². The molecule has 6 aromatic heterocycles.